The molecule has 0 aromatic heterocycles. The van der Waals surface area contributed by atoms with E-state index in [0.29, 0.717) is 0 Å². The van der Waals surface area contributed by atoms with E-state index >= 15 is 0 Å². The zero-order chi connectivity index (χ0) is 7.11. The van der Waals surface area contributed by atoms with Crippen LogP contribution in [0.25, 0.3) is 0 Å². The van der Waals surface area contributed by atoms with Crippen LogP contribution in [0.3, 0.4) is 0 Å². The minimum Gasteiger partial charge on any atom is -0.549 e. The van der Waals surface area contributed by atoms with Crippen molar-refractivity contribution >= 4 is 17.7 Å². The van der Waals surface area contributed by atoms with E-state index in [0.717, 1.165) is 18.6 Å². The Morgan fingerprint density at radius 1 is 1.60 bits per heavy atom. The molecule has 0 aromatic carbocycles. The third kappa shape index (κ3) is 11.2. The van der Waals surface area contributed by atoms with Crippen molar-refractivity contribution < 1.29 is 28.8 Å². The van der Waals surface area contributed by atoms with Crippen molar-refractivity contribution in [1.29, 1.82) is 0 Å². The van der Waals surface area contributed by atoms with E-state index < -0.39 is 5.97 Å². The molecule has 0 heterocycles. The average molecular weight is 154 g/mol. The van der Waals surface area contributed by atoms with Crippen molar-refractivity contribution in [2.75, 3.05) is 11.5 Å². The van der Waals surface area contributed by atoms with Gasteiger partial charge >= 0.3 is 18.9 Å². The van der Waals surface area contributed by atoms with Crippen LogP contribution in [-0.4, -0.2) is 17.5 Å². The van der Waals surface area contributed by atoms with Gasteiger partial charge in [0.05, 0.1) is 5.97 Å². The maximum atomic E-state index is 9.83. The fourth-order valence-electron chi connectivity index (χ4n) is 0.402. The number of carboxylic acid groups (broad SMARTS) is 1. The smallest absolute Gasteiger partial charge is 0.549 e. The molecule has 0 radical (unpaired) electrons. The van der Waals surface area contributed by atoms with Gasteiger partial charge in [0, 0.05) is 5.75 Å². The van der Waals surface area contributed by atoms with E-state index in [-0.39, 0.29) is 24.6 Å². The molecule has 0 aliphatic carbocycles. The molecule has 0 amide bonds. The maximum Gasteiger partial charge on any atom is 1.00 e. The summed E-state index contributed by atoms with van der Waals surface area (Å²) in [6, 6.07) is 0. The van der Waals surface area contributed by atoms with Gasteiger partial charge in [0.25, 0.3) is 0 Å². The number of unbranched alkanes of at least 4 members (excludes halogenated alkanes) is 1. The van der Waals surface area contributed by atoms with Crippen molar-refractivity contribution in [3.05, 3.63) is 0 Å². The SMILES string of the molecule is CCCCSCC(=O)[O-].[Li+]. The van der Waals surface area contributed by atoms with Gasteiger partial charge in [-0.05, 0) is 12.2 Å². The maximum absolute atomic E-state index is 9.83. The normalized spacial score (nSPS) is 8.50. The van der Waals surface area contributed by atoms with E-state index in [1.54, 1.807) is 0 Å². The predicted octanol–water partition coefficient (Wildman–Crippen LogP) is -2.73. The summed E-state index contributed by atoms with van der Waals surface area (Å²) in [4.78, 5) is 9.83. The average Bonchev–Trinajstić information content (AvgIpc) is 1.80. The van der Waals surface area contributed by atoms with Gasteiger partial charge in [-0.2, -0.15) is 11.8 Å². The Hall–Kier alpha value is 0.417. The Balaban J connectivity index is 0. The molecule has 0 aromatic rings. The molecule has 0 fully saturated rings. The van der Waals surface area contributed by atoms with E-state index in [1.807, 2.05) is 0 Å². The number of carbonyl (C=O) groups excluding carboxylic acids is 1. The Kier molecular flexibility index (Phi) is 12.3. The molecule has 54 valence electrons. The number of rotatable bonds is 5. The molecule has 0 aliphatic rings. The van der Waals surface area contributed by atoms with Crippen molar-refractivity contribution in [1.82, 2.24) is 0 Å². The van der Waals surface area contributed by atoms with E-state index in [4.69, 9.17) is 0 Å². The molecule has 2 nitrogen and oxygen atoms in total. The molecule has 0 atom stereocenters. The summed E-state index contributed by atoms with van der Waals surface area (Å²) in [7, 11) is 0. The van der Waals surface area contributed by atoms with Gasteiger partial charge < -0.3 is 9.90 Å². The van der Waals surface area contributed by atoms with E-state index in [9.17, 15) is 9.90 Å². The fraction of sp³-hybridized carbons (Fsp3) is 0.833. The van der Waals surface area contributed by atoms with Crippen LogP contribution in [0.5, 0.6) is 0 Å². The first kappa shape index (κ1) is 13.0. The molecule has 0 N–H and O–H groups in total. The summed E-state index contributed by atoms with van der Waals surface area (Å²) in [5, 5.41) is 9.83. The number of carbonyl (C=O) groups is 1. The topological polar surface area (TPSA) is 40.1 Å². The Morgan fingerprint density at radius 2 is 2.20 bits per heavy atom. The zero-order valence-electron chi connectivity index (χ0n) is 6.55. The third-order valence-corrected chi connectivity index (χ3v) is 1.88. The standard InChI is InChI=1S/C6H12O2S.Li/c1-2-3-4-9-5-6(7)8;/h2-5H2,1H3,(H,7,8);/q;+1/p-1. The number of hydrogen-bond donors (Lipinski definition) is 0. The van der Waals surface area contributed by atoms with Crippen molar-refractivity contribution in [2.45, 2.75) is 19.8 Å². The summed E-state index contributed by atoms with van der Waals surface area (Å²) < 4.78 is 0. The summed E-state index contributed by atoms with van der Waals surface area (Å²) in [5.41, 5.74) is 0. The Labute approximate surface area is 77.9 Å². The fourth-order valence-corrected chi connectivity index (χ4v) is 1.21. The zero-order valence-corrected chi connectivity index (χ0v) is 7.37. The number of thioether (sulfide) groups is 1. The first-order valence-electron chi connectivity index (χ1n) is 3.05. The minimum absolute atomic E-state index is 0. The predicted molar refractivity (Wildman–Crippen MR) is 37.2 cm³/mol. The van der Waals surface area contributed by atoms with E-state index in [2.05, 4.69) is 6.92 Å². The molecular formula is C6H11LiO2S. The van der Waals surface area contributed by atoms with Crippen LogP contribution in [-0.2, 0) is 4.79 Å². The van der Waals surface area contributed by atoms with Crippen LogP contribution in [0.1, 0.15) is 19.8 Å². The molecule has 0 saturated carbocycles. The number of aliphatic carboxylic acids is 1. The van der Waals surface area contributed by atoms with Crippen molar-refractivity contribution in [3.63, 3.8) is 0 Å². The molecule has 10 heavy (non-hydrogen) atoms. The second kappa shape index (κ2) is 9.42. The number of carboxylic acids is 1. The third-order valence-electron chi connectivity index (χ3n) is 0.862. The first-order valence-corrected chi connectivity index (χ1v) is 4.20. The van der Waals surface area contributed by atoms with Crippen LogP contribution in [0.15, 0.2) is 0 Å². The molecule has 0 bridgehead atoms. The monoisotopic (exact) mass is 154 g/mol. The van der Waals surface area contributed by atoms with Crippen LogP contribution in [0, 0.1) is 0 Å². The summed E-state index contributed by atoms with van der Waals surface area (Å²) in [6.07, 6.45) is 2.22. The molecule has 0 saturated heterocycles. The molecule has 0 rings (SSSR count). The number of hydrogen-bond acceptors (Lipinski definition) is 3. The van der Waals surface area contributed by atoms with Gasteiger partial charge in [0.15, 0.2) is 0 Å². The molecule has 4 heteroatoms. The Morgan fingerprint density at radius 3 is 2.60 bits per heavy atom. The van der Waals surface area contributed by atoms with Crippen LogP contribution in [0.4, 0.5) is 0 Å². The summed E-state index contributed by atoms with van der Waals surface area (Å²) >= 11 is 1.42. The van der Waals surface area contributed by atoms with Crippen LogP contribution >= 0.6 is 11.8 Å². The summed E-state index contributed by atoms with van der Waals surface area (Å²) in [5.74, 6) is 0.112. The van der Waals surface area contributed by atoms with Crippen LogP contribution in [0.2, 0.25) is 0 Å². The first-order chi connectivity index (χ1) is 4.27. The summed E-state index contributed by atoms with van der Waals surface area (Å²) in [6.45, 7) is 2.08. The van der Waals surface area contributed by atoms with Gasteiger partial charge in [-0.3, -0.25) is 0 Å². The Bertz CT molecular complexity index is 87.8. The quantitative estimate of drug-likeness (QED) is 0.319. The van der Waals surface area contributed by atoms with Gasteiger partial charge in [-0.1, -0.05) is 13.3 Å². The van der Waals surface area contributed by atoms with Gasteiger partial charge in [0.2, 0.25) is 0 Å². The second-order valence-corrected chi connectivity index (χ2v) is 2.88. The van der Waals surface area contributed by atoms with Gasteiger partial charge in [0.1, 0.15) is 0 Å². The largest absolute Gasteiger partial charge is 1.00 e. The van der Waals surface area contributed by atoms with Gasteiger partial charge in [-0.25, -0.2) is 0 Å². The molecule has 0 aliphatic heterocycles. The molecule has 0 spiro atoms. The van der Waals surface area contributed by atoms with E-state index in [1.165, 1.54) is 11.8 Å². The van der Waals surface area contributed by atoms with Crippen molar-refractivity contribution in [3.8, 4) is 0 Å². The molecular weight excluding hydrogens is 143 g/mol. The van der Waals surface area contributed by atoms with Gasteiger partial charge in [-0.15, -0.1) is 0 Å². The molecule has 0 unspecified atom stereocenters. The second-order valence-electron chi connectivity index (χ2n) is 1.78. The minimum atomic E-state index is -0.962. The van der Waals surface area contributed by atoms with Crippen molar-refractivity contribution in [2.24, 2.45) is 0 Å². The van der Waals surface area contributed by atoms with Crippen LogP contribution < -0.4 is 24.0 Å².